The van der Waals surface area contributed by atoms with E-state index in [1.54, 1.807) is 0 Å². The Balaban J connectivity index is 1.09. The van der Waals surface area contributed by atoms with Crippen LogP contribution in [0, 0.1) is 0 Å². The van der Waals surface area contributed by atoms with Crippen molar-refractivity contribution in [1.82, 2.24) is 19.5 Å². The fourth-order valence-corrected chi connectivity index (χ4v) is 9.42. The van der Waals surface area contributed by atoms with Gasteiger partial charge in [-0.1, -0.05) is 149 Å². The molecule has 2 aliphatic rings. The smallest absolute Gasteiger partial charge is 0.164 e. The third-order valence-electron chi connectivity index (χ3n) is 12.2. The van der Waals surface area contributed by atoms with Gasteiger partial charge in [0.15, 0.2) is 17.5 Å². The predicted molar refractivity (Wildman–Crippen MR) is 226 cm³/mol. The first-order valence-corrected chi connectivity index (χ1v) is 19.1. The van der Waals surface area contributed by atoms with Crippen molar-refractivity contribution in [1.29, 1.82) is 0 Å². The van der Waals surface area contributed by atoms with Gasteiger partial charge in [0.2, 0.25) is 0 Å². The maximum atomic E-state index is 5.23. The van der Waals surface area contributed by atoms with Gasteiger partial charge in [0.25, 0.3) is 0 Å². The van der Waals surface area contributed by atoms with Crippen LogP contribution in [0.15, 0.2) is 158 Å². The van der Waals surface area contributed by atoms with Gasteiger partial charge in [0.1, 0.15) is 0 Å². The highest BCUT2D eigenvalue weighted by molar-refractivity contribution is 6.11. The highest BCUT2D eigenvalue weighted by Crippen LogP contribution is 2.52. The van der Waals surface area contributed by atoms with Gasteiger partial charge in [-0.3, -0.25) is 0 Å². The van der Waals surface area contributed by atoms with Crippen LogP contribution in [-0.2, 0) is 10.8 Å². The van der Waals surface area contributed by atoms with E-state index >= 15 is 0 Å². The zero-order valence-electron chi connectivity index (χ0n) is 31.3. The van der Waals surface area contributed by atoms with Crippen molar-refractivity contribution in [3.05, 3.63) is 180 Å². The molecule has 262 valence electrons. The average molecular weight is 707 g/mol. The summed E-state index contributed by atoms with van der Waals surface area (Å²) in [6, 6.07) is 56.8. The highest BCUT2D eigenvalue weighted by atomic mass is 15.0. The molecule has 0 amide bonds. The third-order valence-corrected chi connectivity index (χ3v) is 12.2. The number of nitrogens with zero attached hydrogens (tertiary/aromatic N) is 4. The lowest BCUT2D eigenvalue weighted by Crippen LogP contribution is -2.15. The summed E-state index contributed by atoms with van der Waals surface area (Å²) < 4.78 is 2.41. The Morgan fingerprint density at radius 3 is 1.64 bits per heavy atom. The first-order valence-electron chi connectivity index (χ1n) is 19.1. The van der Waals surface area contributed by atoms with Gasteiger partial charge in [-0.25, -0.2) is 15.0 Å². The summed E-state index contributed by atoms with van der Waals surface area (Å²) in [6.45, 7) is 9.31. The molecule has 0 bridgehead atoms. The molecule has 0 fully saturated rings. The standard InChI is InChI=1S/C51H38N4/c1-50(2)41-22-11-8-19-35(41)37-26-25-33(28-43(37)50)49-53-47(31-15-6-5-7-16-31)52-48(54-49)32-17-14-18-34(27-32)55-45-24-13-10-21-38(45)40-29-39-36-20-9-12-23-42(36)51(3,4)44(39)30-46(40)55/h5-30H,1-4H3. The van der Waals surface area contributed by atoms with Crippen LogP contribution < -0.4 is 0 Å². The van der Waals surface area contributed by atoms with Gasteiger partial charge in [-0.05, 0) is 80.9 Å². The first-order chi connectivity index (χ1) is 26.8. The molecule has 0 N–H and O–H groups in total. The quantitative estimate of drug-likeness (QED) is 0.183. The SMILES string of the molecule is CC1(C)c2ccccc2-c2ccc(-c3nc(-c4ccccc4)nc(-c4cccc(-n5c6ccccc6c6cc7c(cc65)C(C)(C)c5ccccc5-7)c4)n3)cc21. The molecule has 9 aromatic rings. The Bertz CT molecular complexity index is 3040. The molecule has 2 heterocycles. The van der Waals surface area contributed by atoms with Crippen molar-refractivity contribution >= 4 is 21.8 Å². The Morgan fingerprint density at radius 2 is 0.909 bits per heavy atom. The lowest BCUT2D eigenvalue weighted by molar-refractivity contribution is 0.660. The first kappa shape index (κ1) is 31.8. The zero-order valence-corrected chi connectivity index (χ0v) is 31.3. The summed E-state index contributed by atoms with van der Waals surface area (Å²) >= 11 is 0. The van der Waals surface area contributed by atoms with Gasteiger partial charge in [-0.2, -0.15) is 0 Å². The minimum Gasteiger partial charge on any atom is -0.309 e. The lowest BCUT2D eigenvalue weighted by atomic mass is 9.82. The maximum absolute atomic E-state index is 5.23. The maximum Gasteiger partial charge on any atom is 0.164 e. The van der Waals surface area contributed by atoms with Crippen LogP contribution in [0.3, 0.4) is 0 Å². The number of para-hydroxylation sites is 1. The molecule has 0 saturated heterocycles. The lowest BCUT2D eigenvalue weighted by Gasteiger charge is -2.22. The second kappa shape index (κ2) is 11.4. The summed E-state index contributed by atoms with van der Waals surface area (Å²) in [5.41, 5.74) is 16.7. The molecule has 0 spiro atoms. The molecule has 7 aromatic carbocycles. The molecule has 0 unspecified atom stereocenters. The van der Waals surface area contributed by atoms with E-state index in [4.69, 9.17) is 15.0 Å². The van der Waals surface area contributed by atoms with Crippen LogP contribution in [0.25, 0.3) is 83.9 Å². The van der Waals surface area contributed by atoms with E-state index in [1.807, 2.05) is 18.2 Å². The van der Waals surface area contributed by atoms with Crippen LogP contribution in [0.1, 0.15) is 49.9 Å². The van der Waals surface area contributed by atoms with Crippen molar-refractivity contribution in [3.63, 3.8) is 0 Å². The van der Waals surface area contributed by atoms with E-state index < -0.39 is 0 Å². The zero-order chi connectivity index (χ0) is 37.1. The summed E-state index contributed by atoms with van der Waals surface area (Å²) in [4.78, 5) is 15.5. The molecule has 0 saturated carbocycles. The number of benzene rings is 7. The summed E-state index contributed by atoms with van der Waals surface area (Å²) in [5.74, 6) is 1.97. The van der Waals surface area contributed by atoms with Crippen molar-refractivity contribution in [2.45, 2.75) is 38.5 Å². The van der Waals surface area contributed by atoms with Crippen LogP contribution >= 0.6 is 0 Å². The van der Waals surface area contributed by atoms with E-state index in [-0.39, 0.29) is 10.8 Å². The summed E-state index contributed by atoms with van der Waals surface area (Å²) in [7, 11) is 0. The second-order valence-electron chi connectivity index (χ2n) is 16.1. The number of fused-ring (bicyclic) bond motifs is 9. The van der Waals surface area contributed by atoms with Crippen molar-refractivity contribution in [2.24, 2.45) is 0 Å². The van der Waals surface area contributed by atoms with Crippen molar-refractivity contribution < 1.29 is 0 Å². The Morgan fingerprint density at radius 1 is 0.364 bits per heavy atom. The van der Waals surface area contributed by atoms with E-state index in [0.717, 1.165) is 22.4 Å². The fourth-order valence-electron chi connectivity index (χ4n) is 9.42. The molecular weight excluding hydrogens is 669 g/mol. The number of aromatic nitrogens is 4. The monoisotopic (exact) mass is 706 g/mol. The van der Waals surface area contributed by atoms with E-state index in [1.165, 1.54) is 66.3 Å². The predicted octanol–water partition coefficient (Wildman–Crippen LogP) is 12.6. The van der Waals surface area contributed by atoms with Crippen LogP contribution in [0.5, 0.6) is 0 Å². The summed E-state index contributed by atoms with van der Waals surface area (Å²) in [5, 5.41) is 2.49. The molecule has 4 nitrogen and oxygen atoms in total. The Labute approximate surface area is 320 Å². The largest absolute Gasteiger partial charge is 0.309 e. The van der Waals surface area contributed by atoms with Gasteiger partial charge in [0.05, 0.1) is 11.0 Å². The second-order valence-corrected chi connectivity index (χ2v) is 16.1. The third kappa shape index (κ3) is 4.61. The molecule has 55 heavy (non-hydrogen) atoms. The van der Waals surface area contributed by atoms with Gasteiger partial charge in [-0.15, -0.1) is 0 Å². The average Bonchev–Trinajstić information content (AvgIpc) is 3.76. The molecule has 0 radical (unpaired) electrons. The Hall–Kier alpha value is -6.65. The van der Waals surface area contributed by atoms with Gasteiger partial charge < -0.3 is 4.57 Å². The minimum absolute atomic E-state index is 0.103. The number of rotatable bonds is 4. The summed E-state index contributed by atoms with van der Waals surface area (Å²) in [6.07, 6.45) is 0. The molecule has 2 aliphatic carbocycles. The van der Waals surface area contributed by atoms with E-state index in [0.29, 0.717) is 17.5 Å². The van der Waals surface area contributed by atoms with Crippen LogP contribution in [0.2, 0.25) is 0 Å². The van der Waals surface area contributed by atoms with Crippen LogP contribution in [0.4, 0.5) is 0 Å². The Kier molecular flexibility index (Phi) is 6.61. The molecule has 0 atom stereocenters. The number of hydrogen-bond donors (Lipinski definition) is 0. The van der Waals surface area contributed by atoms with E-state index in [9.17, 15) is 0 Å². The molecular formula is C51H38N4. The molecule has 0 aliphatic heterocycles. The molecule has 2 aromatic heterocycles. The minimum atomic E-state index is -0.130. The van der Waals surface area contributed by atoms with Crippen molar-refractivity contribution in [3.8, 4) is 62.1 Å². The van der Waals surface area contributed by atoms with Gasteiger partial charge >= 0.3 is 0 Å². The van der Waals surface area contributed by atoms with Crippen LogP contribution in [-0.4, -0.2) is 19.5 Å². The molecule has 4 heteroatoms. The topological polar surface area (TPSA) is 43.6 Å². The highest BCUT2D eigenvalue weighted by Gasteiger charge is 2.37. The van der Waals surface area contributed by atoms with Crippen molar-refractivity contribution in [2.75, 3.05) is 0 Å². The fraction of sp³-hybridized carbons (Fsp3) is 0.118. The number of hydrogen-bond acceptors (Lipinski definition) is 3. The normalized spacial score (nSPS) is 14.5. The van der Waals surface area contributed by atoms with E-state index in [2.05, 4.69) is 172 Å². The van der Waals surface area contributed by atoms with Gasteiger partial charge in [0, 0.05) is 44.0 Å². The molecule has 11 rings (SSSR count).